The summed E-state index contributed by atoms with van der Waals surface area (Å²) < 4.78 is 4.91. The zero-order valence-corrected chi connectivity index (χ0v) is 8.94. The first-order valence-corrected chi connectivity index (χ1v) is 5.27. The fraction of sp³-hybridized carbons (Fsp3) is 0.714. The molecule has 0 saturated heterocycles. The quantitative estimate of drug-likeness (QED) is 0.742. The molecule has 13 heavy (non-hydrogen) atoms. The summed E-state index contributed by atoms with van der Waals surface area (Å²) in [4.78, 5) is 0. The van der Waals surface area contributed by atoms with E-state index in [0.717, 1.165) is 18.1 Å². The SMILES string of the molecule is COCC(Cl)CCNc1nncs1. The molecule has 0 bridgehead atoms. The molecule has 0 radical (unpaired) electrons. The molecule has 0 fully saturated rings. The van der Waals surface area contributed by atoms with Gasteiger partial charge < -0.3 is 10.1 Å². The van der Waals surface area contributed by atoms with E-state index >= 15 is 0 Å². The molecule has 0 aliphatic carbocycles. The van der Waals surface area contributed by atoms with Gasteiger partial charge in [-0.05, 0) is 6.42 Å². The van der Waals surface area contributed by atoms with Crippen LogP contribution < -0.4 is 5.32 Å². The third-order valence-corrected chi connectivity index (χ3v) is 2.43. The Morgan fingerprint density at radius 2 is 2.62 bits per heavy atom. The number of methoxy groups -OCH3 is 1. The molecular formula is C7H12ClN3OS. The fourth-order valence-electron chi connectivity index (χ4n) is 0.850. The molecule has 1 heterocycles. The van der Waals surface area contributed by atoms with Crippen LogP contribution in [0.2, 0.25) is 0 Å². The topological polar surface area (TPSA) is 47.0 Å². The van der Waals surface area contributed by atoms with Crippen LogP contribution in [0.3, 0.4) is 0 Å². The van der Waals surface area contributed by atoms with Gasteiger partial charge in [0, 0.05) is 13.7 Å². The molecule has 0 amide bonds. The number of nitrogens with zero attached hydrogens (tertiary/aromatic N) is 2. The molecular weight excluding hydrogens is 210 g/mol. The fourth-order valence-corrected chi connectivity index (χ4v) is 1.56. The number of halogens is 1. The first-order valence-electron chi connectivity index (χ1n) is 3.96. The van der Waals surface area contributed by atoms with Crippen molar-refractivity contribution in [2.75, 3.05) is 25.6 Å². The van der Waals surface area contributed by atoms with Crippen molar-refractivity contribution in [1.82, 2.24) is 10.2 Å². The van der Waals surface area contributed by atoms with Crippen LogP contribution in [0.5, 0.6) is 0 Å². The minimum Gasteiger partial charge on any atom is -0.383 e. The van der Waals surface area contributed by atoms with Crippen molar-refractivity contribution < 1.29 is 4.74 Å². The molecule has 0 spiro atoms. The Hall–Kier alpha value is -0.390. The van der Waals surface area contributed by atoms with Crippen LogP contribution in [0.25, 0.3) is 0 Å². The summed E-state index contributed by atoms with van der Waals surface area (Å²) in [6.07, 6.45) is 0.856. The zero-order valence-electron chi connectivity index (χ0n) is 7.36. The number of anilines is 1. The minimum absolute atomic E-state index is 0.0606. The summed E-state index contributed by atoms with van der Waals surface area (Å²) in [5.41, 5.74) is 1.69. The highest BCUT2D eigenvalue weighted by Gasteiger charge is 2.03. The van der Waals surface area contributed by atoms with Crippen molar-refractivity contribution in [3.63, 3.8) is 0 Å². The van der Waals surface area contributed by atoms with E-state index in [1.165, 1.54) is 11.3 Å². The van der Waals surface area contributed by atoms with E-state index in [9.17, 15) is 0 Å². The van der Waals surface area contributed by atoms with E-state index in [1.54, 1.807) is 12.6 Å². The number of rotatable bonds is 6. The number of aromatic nitrogens is 2. The van der Waals surface area contributed by atoms with E-state index in [2.05, 4.69) is 15.5 Å². The molecule has 1 N–H and O–H groups in total. The molecule has 74 valence electrons. The zero-order chi connectivity index (χ0) is 9.52. The monoisotopic (exact) mass is 221 g/mol. The molecule has 1 unspecified atom stereocenters. The van der Waals surface area contributed by atoms with E-state index in [4.69, 9.17) is 16.3 Å². The van der Waals surface area contributed by atoms with Crippen LogP contribution in [0.1, 0.15) is 6.42 Å². The maximum atomic E-state index is 5.92. The van der Waals surface area contributed by atoms with Crippen molar-refractivity contribution >= 4 is 28.1 Å². The second-order valence-corrected chi connectivity index (χ2v) is 3.96. The van der Waals surface area contributed by atoms with Crippen LogP contribution in [0.15, 0.2) is 5.51 Å². The van der Waals surface area contributed by atoms with Gasteiger partial charge in [0.05, 0.1) is 12.0 Å². The van der Waals surface area contributed by atoms with Crippen molar-refractivity contribution in [1.29, 1.82) is 0 Å². The Bertz CT molecular complexity index is 220. The Morgan fingerprint density at radius 1 is 1.77 bits per heavy atom. The van der Waals surface area contributed by atoms with Crippen LogP contribution in [-0.4, -0.2) is 35.8 Å². The van der Waals surface area contributed by atoms with Gasteiger partial charge in [-0.25, -0.2) is 0 Å². The van der Waals surface area contributed by atoms with Crippen molar-refractivity contribution in [3.05, 3.63) is 5.51 Å². The summed E-state index contributed by atoms with van der Waals surface area (Å²) in [7, 11) is 1.65. The van der Waals surface area contributed by atoms with E-state index in [1.807, 2.05) is 0 Å². The lowest BCUT2D eigenvalue weighted by Gasteiger charge is -2.07. The molecule has 4 nitrogen and oxygen atoms in total. The van der Waals surface area contributed by atoms with Gasteiger partial charge in [-0.3, -0.25) is 0 Å². The van der Waals surface area contributed by atoms with Gasteiger partial charge in [0.2, 0.25) is 5.13 Å². The van der Waals surface area contributed by atoms with Gasteiger partial charge in [0.25, 0.3) is 0 Å². The van der Waals surface area contributed by atoms with Crippen LogP contribution in [0.4, 0.5) is 5.13 Å². The number of ether oxygens (including phenoxy) is 1. The Labute approximate surface area is 86.3 Å². The predicted molar refractivity (Wildman–Crippen MR) is 54.5 cm³/mol. The van der Waals surface area contributed by atoms with Gasteiger partial charge in [0.15, 0.2) is 0 Å². The summed E-state index contributed by atoms with van der Waals surface area (Å²) in [5.74, 6) is 0. The molecule has 1 rings (SSSR count). The summed E-state index contributed by atoms with van der Waals surface area (Å²) in [6, 6.07) is 0. The van der Waals surface area contributed by atoms with Gasteiger partial charge in [-0.15, -0.1) is 21.8 Å². The highest BCUT2D eigenvalue weighted by Crippen LogP contribution is 2.09. The minimum atomic E-state index is 0.0606. The maximum Gasteiger partial charge on any atom is 0.205 e. The molecule has 0 aliphatic heterocycles. The second kappa shape index (κ2) is 6.12. The molecule has 0 saturated carbocycles. The van der Waals surface area contributed by atoms with E-state index < -0.39 is 0 Å². The lowest BCUT2D eigenvalue weighted by Crippen LogP contribution is -2.13. The summed E-state index contributed by atoms with van der Waals surface area (Å²) in [5, 5.41) is 11.6. The van der Waals surface area contributed by atoms with Crippen molar-refractivity contribution in [2.45, 2.75) is 11.8 Å². The lowest BCUT2D eigenvalue weighted by molar-refractivity contribution is 0.196. The van der Waals surface area contributed by atoms with Crippen LogP contribution in [0, 0.1) is 0 Å². The lowest BCUT2D eigenvalue weighted by atomic mass is 10.3. The predicted octanol–water partition coefficient (Wildman–Crippen LogP) is 1.59. The third-order valence-electron chi connectivity index (χ3n) is 1.44. The molecule has 0 aromatic carbocycles. The van der Waals surface area contributed by atoms with Gasteiger partial charge in [-0.1, -0.05) is 11.3 Å². The number of alkyl halides is 1. The molecule has 6 heteroatoms. The van der Waals surface area contributed by atoms with E-state index in [0.29, 0.717) is 6.61 Å². The smallest absolute Gasteiger partial charge is 0.205 e. The van der Waals surface area contributed by atoms with Crippen LogP contribution in [-0.2, 0) is 4.74 Å². The third kappa shape index (κ3) is 4.40. The van der Waals surface area contributed by atoms with Crippen molar-refractivity contribution in [3.8, 4) is 0 Å². The molecule has 1 atom stereocenters. The highest BCUT2D eigenvalue weighted by atomic mass is 35.5. The first-order chi connectivity index (χ1) is 6.33. The van der Waals surface area contributed by atoms with Crippen molar-refractivity contribution in [2.24, 2.45) is 0 Å². The summed E-state index contributed by atoms with van der Waals surface area (Å²) in [6.45, 7) is 1.38. The Kier molecular flexibility index (Phi) is 5.03. The van der Waals surface area contributed by atoms with E-state index in [-0.39, 0.29) is 5.38 Å². The second-order valence-electron chi connectivity index (χ2n) is 2.51. The number of hydrogen-bond acceptors (Lipinski definition) is 5. The summed E-state index contributed by atoms with van der Waals surface area (Å²) >= 11 is 7.40. The number of hydrogen-bond donors (Lipinski definition) is 1. The van der Waals surface area contributed by atoms with Gasteiger partial charge in [-0.2, -0.15) is 0 Å². The standard InChI is InChI=1S/C7H12ClN3OS/c1-12-4-6(8)2-3-9-7-11-10-5-13-7/h5-6H,2-4H2,1H3,(H,9,11). The van der Waals surface area contributed by atoms with Crippen LogP contribution >= 0.6 is 22.9 Å². The van der Waals surface area contributed by atoms with Gasteiger partial charge >= 0.3 is 0 Å². The average Bonchev–Trinajstić information content (AvgIpc) is 2.57. The molecule has 1 aromatic heterocycles. The molecule has 1 aromatic rings. The number of nitrogens with one attached hydrogen (secondary N) is 1. The normalized spacial score (nSPS) is 12.8. The Balaban J connectivity index is 2.07. The van der Waals surface area contributed by atoms with Gasteiger partial charge in [0.1, 0.15) is 5.51 Å². The highest BCUT2D eigenvalue weighted by molar-refractivity contribution is 7.13. The molecule has 0 aliphatic rings. The average molecular weight is 222 g/mol. The Morgan fingerprint density at radius 3 is 3.23 bits per heavy atom. The first kappa shape index (κ1) is 10.7. The largest absolute Gasteiger partial charge is 0.383 e. The maximum absolute atomic E-state index is 5.92.